The highest BCUT2D eigenvalue weighted by Crippen LogP contribution is 2.38. The summed E-state index contributed by atoms with van der Waals surface area (Å²) in [6.07, 6.45) is 1.02. The molecule has 0 amide bonds. The van der Waals surface area contributed by atoms with Crippen LogP contribution in [0.25, 0.3) is 0 Å². The van der Waals surface area contributed by atoms with Gasteiger partial charge in [-0.05, 0) is 80.8 Å². The van der Waals surface area contributed by atoms with Crippen molar-refractivity contribution in [3.63, 3.8) is 0 Å². The SMILES string of the molecule is Cc1c(C)c(C)c(S(=O)(=O)N2CCC(C#N)(c3ccccc3)CC2)c(C)c1C. The first-order valence-electron chi connectivity index (χ1n) is 9.69. The molecule has 4 nitrogen and oxygen atoms in total. The van der Waals surface area contributed by atoms with E-state index in [4.69, 9.17) is 0 Å². The molecule has 0 aromatic heterocycles. The van der Waals surface area contributed by atoms with Gasteiger partial charge in [0.05, 0.1) is 16.4 Å². The van der Waals surface area contributed by atoms with E-state index in [0.717, 1.165) is 33.4 Å². The second-order valence-corrected chi connectivity index (χ2v) is 9.79. The molecule has 2 aromatic rings. The van der Waals surface area contributed by atoms with Gasteiger partial charge in [0.15, 0.2) is 0 Å². The van der Waals surface area contributed by atoms with Gasteiger partial charge in [0.1, 0.15) is 0 Å². The van der Waals surface area contributed by atoms with Crippen LogP contribution in [0.1, 0.15) is 46.2 Å². The molecular formula is C23H28N2O2S. The van der Waals surface area contributed by atoms with Crippen molar-refractivity contribution in [1.29, 1.82) is 5.26 Å². The standard InChI is InChI=1S/C23H28N2O2S/c1-16-17(2)19(4)22(20(5)18(16)3)28(26,27)25-13-11-23(15-24,12-14-25)21-9-7-6-8-10-21/h6-10H,11-14H2,1-5H3. The largest absolute Gasteiger partial charge is 0.243 e. The average molecular weight is 397 g/mol. The normalized spacial score (nSPS) is 17.3. The van der Waals surface area contributed by atoms with Crippen LogP contribution in [-0.2, 0) is 15.4 Å². The number of nitriles is 1. The predicted octanol–water partition coefficient (Wildman–Crippen LogP) is 4.47. The van der Waals surface area contributed by atoms with Gasteiger partial charge < -0.3 is 0 Å². The van der Waals surface area contributed by atoms with E-state index in [1.807, 2.05) is 65.0 Å². The van der Waals surface area contributed by atoms with E-state index in [1.165, 1.54) is 0 Å². The lowest BCUT2D eigenvalue weighted by molar-refractivity contribution is 0.277. The Balaban J connectivity index is 1.96. The van der Waals surface area contributed by atoms with Crippen LogP contribution in [0.15, 0.2) is 35.2 Å². The zero-order valence-electron chi connectivity index (χ0n) is 17.3. The van der Waals surface area contributed by atoms with Crippen LogP contribution in [-0.4, -0.2) is 25.8 Å². The van der Waals surface area contributed by atoms with Gasteiger partial charge in [0.2, 0.25) is 10.0 Å². The van der Waals surface area contributed by atoms with Crippen LogP contribution < -0.4 is 0 Å². The Labute approximate surface area is 168 Å². The number of sulfonamides is 1. The summed E-state index contributed by atoms with van der Waals surface area (Å²) in [5.41, 5.74) is 5.26. The Hall–Kier alpha value is -2.16. The maximum atomic E-state index is 13.5. The summed E-state index contributed by atoms with van der Waals surface area (Å²) in [6.45, 7) is 10.5. The molecule has 0 N–H and O–H groups in total. The average Bonchev–Trinajstić information content (AvgIpc) is 2.71. The molecule has 0 radical (unpaired) electrons. The van der Waals surface area contributed by atoms with E-state index in [0.29, 0.717) is 30.8 Å². The molecule has 1 saturated heterocycles. The summed E-state index contributed by atoms with van der Waals surface area (Å²) in [5.74, 6) is 0. The predicted molar refractivity (Wildman–Crippen MR) is 112 cm³/mol. The van der Waals surface area contributed by atoms with Crippen molar-refractivity contribution in [2.24, 2.45) is 0 Å². The second-order valence-electron chi connectivity index (χ2n) is 7.92. The first-order chi connectivity index (χ1) is 13.2. The molecule has 0 aliphatic carbocycles. The van der Waals surface area contributed by atoms with Crippen molar-refractivity contribution in [3.8, 4) is 6.07 Å². The Kier molecular flexibility index (Phi) is 5.40. The van der Waals surface area contributed by atoms with E-state index in [1.54, 1.807) is 4.31 Å². The Bertz CT molecular complexity index is 1010. The van der Waals surface area contributed by atoms with E-state index in [-0.39, 0.29) is 0 Å². The monoisotopic (exact) mass is 396 g/mol. The summed E-state index contributed by atoms with van der Waals surface area (Å²) in [4.78, 5) is 0.442. The van der Waals surface area contributed by atoms with Crippen molar-refractivity contribution in [3.05, 3.63) is 63.7 Å². The summed E-state index contributed by atoms with van der Waals surface area (Å²) >= 11 is 0. The summed E-state index contributed by atoms with van der Waals surface area (Å²) < 4.78 is 28.6. The zero-order chi connectivity index (χ0) is 20.7. The van der Waals surface area contributed by atoms with E-state index in [9.17, 15) is 13.7 Å². The van der Waals surface area contributed by atoms with Gasteiger partial charge >= 0.3 is 0 Å². The molecule has 0 unspecified atom stereocenters. The molecule has 1 aliphatic heterocycles. The van der Waals surface area contributed by atoms with Crippen LogP contribution in [0.4, 0.5) is 0 Å². The molecular weight excluding hydrogens is 368 g/mol. The minimum Gasteiger partial charge on any atom is -0.207 e. The van der Waals surface area contributed by atoms with Crippen LogP contribution in [0.5, 0.6) is 0 Å². The molecule has 148 valence electrons. The maximum absolute atomic E-state index is 13.5. The lowest BCUT2D eigenvalue weighted by atomic mass is 9.74. The second kappa shape index (κ2) is 7.35. The molecule has 5 heteroatoms. The number of hydrogen-bond donors (Lipinski definition) is 0. The fourth-order valence-corrected chi connectivity index (χ4v) is 6.31. The quantitative estimate of drug-likeness (QED) is 0.769. The molecule has 1 aliphatic rings. The minimum atomic E-state index is -3.60. The summed E-state index contributed by atoms with van der Waals surface area (Å²) in [5, 5.41) is 9.87. The van der Waals surface area contributed by atoms with Gasteiger partial charge in [-0.2, -0.15) is 9.57 Å². The highest BCUT2D eigenvalue weighted by Gasteiger charge is 2.41. The fourth-order valence-electron chi connectivity index (χ4n) is 4.31. The fraction of sp³-hybridized carbons (Fsp3) is 0.435. The molecule has 3 rings (SSSR count). The topological polar surface area (TPSA) is 61.2 Å². The number of rotatable bonds is 3. The van der Waals surface area contributed by atoms with Crippen molar-refractivity contribution in [2.45, 2.75) is 57.8 Å². The van der Waals surface area contributed by atoms with E-state index in [2.05, 4.69) is 6.07 Å². The van der Waals surface area contributed by atoms with Gasteiger partial charge in [0, 0.05) is 13.1 Å². The molecule has 28 heavy (non-hydrogen) atoms. The Morgan fingerprint density at radius 3 is 1.79 bits per heavy atom. The summed E-state index contributed by atoms with van der Waals surface area (Å²) in [7, 11) is -3.60. The van der Waals surface area contributed by atoms with Crippen molar-refractivity contribution in [2.75, 3.05) is 13.1 Å². The van der Waals surface area contributed by atoms with Gasteiger partial charge in [-0.1, -0.05) is 30.3 Å². The Morgan fingerprint density at radius 1 is 0.857 bits per heavy atom. The third kappa shape index (κ3) is 3.15. The van der Waals surface area contributed by atoms with Crippen LogP contribution >= 0.6 is 0 Å². The lowest BCUT2D eigenvalue weighted by Gasteiger charge is -2.37. The zero-order valence-corrected chi connectivity index (χ0v) is 18.2. The molecule has 2 aromatic carbocycles. The van der Waals surface area contributed by atoms with Gasteiger partial charge in [-0.25, -0.2) is 8.42 Å². The van der Waals surface area contributed by atoms with Crippen molar-refractivity contribution in [1.82, 2.24) is 4.31 Å². The molecule has 0 saturated carbocycles. The number of hydrogen-bond acceptors (Lipinski definition) is 3. The minimum absolute atomic E-state index is 0.357. The van der Waals surface area contributed by atoms with E-state index >= 15 is 0 Å². The molecule has 0 bridgehead atoms. The maximum Gasteiger partial charge on any atom is 0.243 e. The number of benzene rings is 2. The smallest absolute Gasteiger partial charge is 0.207 e. The number of nitrogens with zero attached hydrogens (tertiary/aromatic N) is 2. The first-order valence-corrected chi connectivity index (χ1v) is 11.1. The van der Waals surface area contributed by atoms with Crippen molar-refractivity contribution >= 4 is 10.0 Å². The Morgan fingerprint density at radius 2 is 1.32 bits per heavy atom. The highest BCUT2D eigenvalue weighted by molar-refractivity contribution is 7.89. The van der Waals surface area contributed by atoms with Gasteiger partial charge in [0.25, 0.3) is 0 Å². The summed E-state index contributed by atoms with van der Waals surface area (Å²) in [6, 6.07) is 12.2. The van der Waals surface area contributed by atoms with Crippen LogP contribution in [0.2, 0.25) is 0 Å². The third-order valence-corrected chi connectivity index (χ3v) is 8.82. The third-order valence-electron chi connectivity index (χ3n) is 6.65. The first kappa shape index (κ1) is 20.6. The molecule has 1 fully saturated rings. The molecule has 0 atom stereocenters. The van der Waals surface area contributed by atoms with Crippen LogP contribution in [0, 0.1) is 45.9 Å². The van der Waals surface area contributed by atoms with Crippen LogP contribution in [0.3, 0.4) is 0 Å². The van der Waals surface area contributed by atoms with E-state index < -0.39 is 15.4 Å². The van der Waals surface area contributed by atoms with Gasteiger partial charge in [-0.15, -0.1) is 0 Å². The lowest BCUT2D eigenvalue weighted by Crippen LogP contribution is -2.45. The molecule has 1 heterocycles. The molecule has 0 spiro atoms. The van der Waals surface area contributed by atoms with Crippen molar-refractivity contribution < 1.29 is 8.42 Å². The number of piperidine rings is 1. The van der Waals surface area contributed by atoms with Gasteiger partial charge in [-0.3, -0.25) is 0 Å². The highest BCUT2D eigenvalue weighted by atomic mass is 32.2.